The standard InChI is InChI=1S/C23H23FN2O4S/c1-3-30-21-11-13-22(14-12-21)31(28,29)26-20-6-4-5-18(15-20)23(27)25-16(2)17-7-9-19(24)10-8-17/h4-16,26H,3H2,1-2H3,(H,25,27). The van der Waals surface area contributed by atoms with Crippen LogP contribution in [0.3, 0.4) is 0 Å². The molecule has 0 fully saturated rings. The second-order valence-corrected chi connectivity index (χ2v) is 8.52. The number of carbonyl (C=O) groups excluding carboxylic acids is 1. The van der Waals surface area contributed by atoms with E-state index in [1.54, 1.807) is 49.4 Å². The van der Waals surface area contributed by atoms with E-state index in [1.165, 1.54) is 30.3 Å². The molecule has 8 heteroatoms. The Labute approximate surface area is 181 Å². The third kappa shape index (κ3) is 5.82. The van der Waals surface area contributed by atoms with E-state index in [9.17, 15) is 17.6 Å². The summed E-state index contributed by atoms with van der Waals surface area (Å²) in [7, 11) is -3.83. The quantitative estimate of drug-likeness (QED) is 0.537. The maximum absolute atomic E-state index is 13.1. The molecule has 2 N–H and O–H groups in total. The van der Waals surface area contributed by atoms with E-state index in [0.717, 1.165) is 5.56 Å². The summed E-state index contributed by atoms with van der Waals surface area (Å²) < 4.78 is 46.2. The van der Waals surface area contributed by atoms with Gasteiger partial charge in [-0.25, -0.2) is 12.8 Å². The first-order valence-corrected chi connectivity index (χ1v) is 11.2. The zero-order valence-corrected chi connectivity index (χ0v) is 17.9. The van der Waals surface area contributed by atoms with Gasteiger partial charge in [-0.1, -0.05) is 18.2 Å². The van der Waals surface area contributed by atoms with E-state index < -0.39 is 10.0 Å². The molecule has 0 saturated carbocycles. The number of hydrogen-bond donors (Lipinski definition) is 2. The molecule has 0 aromatic heterocycles. The lowest BCUT2D eigenvalue weighted by atomic mass is 10.1. The van der Waals surface area contributed by atoms with E-state index in [0.29, 0.717) is 17.9 Å². The van der Waals surface area contributed by atoms with Crippen LogP contribution in [0, 0.1) is 5.82 Å². The Balaban J connectivity index is 1.71. The fourth-order valence-electron chi connectivity index (χ4n) is 2.93. The molecular weight excluding hydrogens is 419 g/mol. The van der Waals surface area contributed by atoms with Crippen molar-refractivity contribution in [2.75, 3.05) is 11.3 Å². The molecule has 1 atom stereocenters. The SMILES string of the molecule is CCOc1ccc(S(=O)(=O)Nc2cccc(C(=O)NC(C)c3ccc(F)cc3)c2)cc1. The number of halogens is 1. The highest BCUT2D eigenvalue weighted by atomic mass is 32.2. The van der Waals surface area contributed by atoms with Crippen molar-refractivity contribution in [3.05, 3.63) is 89.7 Å². The van der Waals surface area contributed by atoms with Gasteiger partial charge in [-0.15, -0.1) is 0 Å². The first-order valence-electron chi connectivity index (χ1n) is 9.70. The summed E-state index contributed by atoms with van der Waals surface area (Å²) in [6, 6.07) is 17.8. The summed E-state index contributed by atoms with van der Waals surface area (Å²) in [5.41, 5.74) is 1.30. The van der Waals surface area contributed by atoms with Crippen molar-refractivity contribution in [2.24, 2.45) is 0 Å². The van der Waals surface area contributed by atoms with E-state index in [2.05, 4.69) is 10.0 Å². The molecule has 6 nitrogen and oxygen atoms in total. The lowest BCUT2D eigenvalue weighted by molar-refractivity contribution is 0.0940. The lowest BCUT2D eigenvalue weighted by Crippen LogP contribution is -2.26. The molecule has 0 aliphatic heterocycles. The molecule has 1 amide bonds. The van der Waals surface area contributed by atoms with Gasteiger partial charge < -0.3 is 10.1 Å². The molecule has 0 aliphatic carbocycles. The third-order valence-corrected chi connectivity index (χ3v) is 5.94. The van der Waals surface area contributed by atoms with Crippen LogP contribution in [0.5, 0.6) is 5.75 Å². The molecule has 0 aliphatic rings. The van der Waals surface area contributed by atoms with Gasteiger partial charge in [-0.05, 0) is 74.0 Å². The van der Waals surface area contributed by atoms with Crippen LogP contribution in [-0.2, 0) is 10.0 Å². The highest BCUT2D eigenvalue weighted by Gasteiger charge is 2.16. The molecule has 0 heterocycles. The number of carbonyl (C=O) groups is 1. The van der Waals surface area contributed by atoms with Crippen LogP contribution in [0.15, 0.2) is 77.7 Å². The number of hydrogen-bond acceptors (Lipinski definition) is 4. The Morgan fingerprint density at radius 1 is 1.03 bits per heavy atom. The molecule has 0 bridgehead atoms. The maximum atomic E-state index is 13.1. The average Bonchev–Trinajstić information content (AvgIpc) is 2.74. The summed E-state index contributed by atoms with van der Waals surface area (Å²) in [6.07, 6.45) is 0. The number of amides is 1. The van der Waals surface area contributed by atoms with E-state index >= 15 is 0 Å². The number of anilines is 1. The van der Waals surface area contributed by atoms with Gasteiger partial charge >= 0.3 is 0 Å². The van der Waals surface area contributed by atoms with Crippen LogP contribution in [0.4, 0.5) is 10.1 Å². The van der Waals surface area contributed by atoms with Crippen LogP contribution >= 0.6 is 0 Å². The topological polar surface area (TPSA) is 84.5 Å². The van der Waals surface area contributed by atoms with Crippen molar-refractivity contribution in [3.63, 3.8) is 0 Å². The highest BCUT2D eigenvalue weighted by molar-refractivity contribution is 7.92. The zero-order valence-electron chi connectivity index (χ0n) is 17.1. The fraction of sp³-hybridized carbons (Fsp3) is 0.174. The Hall–Kier alpha value is -3.39. The average molecular weight is 443 g/mol. The van der Waals surface area contributed by atoms with Crippen LogP contribution < -0.4 is 14.8 Å². The minimum absolute atomic E-state index is 0.0794. The Bertz CT molecular complexity index is 1150. The minimum Gasteiger partial charge on any atom is -0.494 e. The third-order valence-electron chi connectivity index (χ3n) is 4.54. The van der Waals surface area contributed by atoms with Crippen molar-refractivity contribution in [2.45, 2.75) is 24.8 Å². The summed E-state index contributed by atoms with van der Waals surface area (Å²) in [4.78, 5) is 12.7. The van der Waals surface area contributed by atoms with Gasteiger partial charge in [0.1, 0.15) is 11.6 Å². The van der Waals surface area contributed by atoms with Gasteiger partial charge in [-0.3, -0.25) is 9.52 Å². The molecule has 0 spiro atoms. The van der Waals surface area contributed by atoms with Crippen LogP contribution in [0.25, 0.3) is 0 Å². The number of sulfonamides is 1. The maximum Gasteiger partial charge on any atom is 0.261 e. The van der Waals surface area contributed by atoms with Crippen LogP contribution in [-0.4, -0.2) is 20.9 Å². The molecule has 3 aromatic rings. The zero-order chi connectivity index (χ0) is 22.4. The molecule has 1 unspecified atom stereocenters. The largest absolute Gasteiger partial charge is 0.494 e. The number of rotatable bonds is 8. The second kappa shape index (κ2) is 9.61. The molecule has 3 aromatic carbocycles. The molecule has 162 valence electrons. The van der Waals surface area contributed by atoms with Gasteiger partial charge in [0.15, 0.2) is 0 Å². The highest BCUT2D eigenvalue weighted by Crippen LogP contribution is 2.21. The summed E-state index contributed by atoms with van der Waals surface area (Å²) in [6.45, 7) is 4.11. The smallest absolute Gasteiger partial charge is 0.261 e. The van der Waals surface area contributed by atoms with Crippen molar-refractivity contribution in [1.29, 1.82) is 0 Å². The number of benzene rings is 3. The normalized spacial score (nSPS) is 12.1. The molecule has 31 heavy (non-hydrogen) atoms. The van der Waals surface area contributed by atoms with Gasteiger partial charge in [0.05, 0.1) is 17.5 Å². The van der Waals surface area contributed by atoms with Gasteiger partial charge in [0, 0.05) is 11.3 Å². The van der Waals surface area contributed by atoms with Crippen molar-refractivity contribution in [3.8, 4) is 5.75 Å². The Morgan fingerprint density at radius 2 is 1.71 bits per heavy atom. The van der Waals surface area contributed by atoms with Crippen molar-refractivity contribution >= 4 is 21.6 Å². The lowest BCUT2D eigenvalue weighted by Gasteiger charge is -2.15. The second-order valence-electron chi connectivity index (χ2n) is 6.84. The molecule has 0 saturated heterocycles. The first-order chi connectivity index (χ1) is 14.8. The Kier molecular flexibility index (Phi) is 6.91. The Morgan fingerprint density at radius 3 is 2.35 bits per heavy atom. The van der Waals surface area contributed by atoms with Crippen LogP contribution in [0.1, 0.15) is 35.8 Å². The monoisotopic (exact) mass is 442 g/mol. The summed E-state index contributed by atoms with van der Waals surface area (Å²) in [5, 5.41) is 2.82. The van der Waals surface area contributed by atoms with E-state index in [1.807, 2.05) is 6.92 Å². The number of ether oxygens (including phenoxy) is 1. The van der Waals surface area contributed by atoms with Gasteiger partial charge in [0.25, 0.3) is 15.9 Å². The van der Waals surface area contributed by atoms with Gasteiger partial charge in [0.2, 0.25) is 0 Å². The number of nitrogens with one attached hydrogen (secondary N) is 2. The first kappa shape index (κ1) is 22.3. The molecular formula is C23H23FN2O4S. The van der Waals surface area contributed by atoms with Crippen LogP contribution in [0.2, 0.25) is 0 Å². The van der Waals surface area contributed by atoms with E-state index in [4.69, 9.17) is 4.74 Å². The van der Waals surface area contributed by atoms with Crippen molar-refractivity contribution < 1.29 is 22.3 Å². The predicted molar refractivity (Wildman–Crippen MR) is 117 cm³/mol. The minimum atomic E-state index is -3.83. The fourth-order valence-corrected chi connectivity index (χ4v) is 3.98. The van der Waals surface area contributed by atoms with Gasteiger partial charge in [-0.2, -0.15) is 0 Å². The predicted octanol–water partition coefficient (Wildman–Crippen LogP) is 4.52. The van der Waals surface area contributed by atoms with E-state index in [-0.39, 0.29) is 28.3 Å². The summed E-state index contributed by atoms with van der Waals surface area (Å²) >= 11 is 0. The summed E-state index contributed by atoms with van der Waals surface area (Å²) in [5.74, 6) is -0.149. The van der Waals surface area contributed by atoms with Crippen molar-refractivity contribution in [1.82, 2.24) is 5.32 Å². The molecule has 3 rings (SSSR count). The molecule has 0 radical (unpaired) electrons.